The number of aliphatic hydroxyl groups is 6. The second-order valence-electron chi connectivity index (χ2n) is 15.9. The molecule has 0 unspecified atom stereocenters. The molecule has 0 aromatic carbocycles. The first kappa shape index (κ1) is 35.6. The Morgan fingerprint density at radius 3 is 2.27 bits per heavy atom. The minimum absolute atomic E-state index is 0.0660. The van der Waals surface area contributed by atoms with Crippen molar-refractivity contribution in [2.24, 2.45) is 46.3 Å². The molecular formula is C35H60O10. The number of hydrogen-bond donors (Lipinski definition) is 6. The molecule has 3 saturated carbocycles. The molecule has 5 rings (SSSR count). The van der Waals surface area contributed by atoms with Crippen LogP contribution in [0.3, 0.4) is 0 Å². The van der Waals surface area contributed by atoms with Crippen LogP contribution in [-0.4, -0.2) is 113 Å². The van der Waals surface area contributed by atoms with Crippen LogP contribution < -0.4 is 0 Å². The standard InChI is InChI=1S/C35H60O10/c1-18(20(3)16-36)8-9-19(2)26-27(39)28(40)31-34(26,5)13-11-25-33(4)12-10-21(14-22(33)23(37)15-35(25,31)41)45-32-30(43-7)29(42-6)24(38)17-44-32/h14,18-21,23-32,36-41H,8-13,15-17H2,1-7H3/t18-,19-,20+,21+,23-,24-,25-,26-,27-,28+,29+,30-,31+,32+,33+,34-,35+/m1/s1. The van der Waals surface area contributed by atoms with E-state index in [4.69, 9.17) is 18.9 Å². The Hall–Kier alpha value is -0.660. The van der Waals surface area contributed by atoms with E-state index >= 15 is 0 Å². The van der Waals surface area contributed by atoms with E-state index in [0.29, 0.717) is 18.8 Å². The number of hydrogen-bond acceptors (Lipinski definition) is 10. The summed E-state index contributed by atoms with van der Waals surface area (Å²) >= 11 is 0. The second-order valence-corrected chi connectivity index (χ2v) is 15.9. The minimum atomic E-state index is -1.34. The van der Waals surface area contributed by atoms with Gasteiger partial charge in [0.25, 0.3) is 0 Å². The summed E-state index contributed by atoms with van der Waals surface area (Å²) in [6.45, 7) is 10.8. The van der Waals surface area contributed by atoms with Crippen LogP contribution in [0.15, 0.2) is 11.6 Å². The zero-order chi connectivity index (χ0) is 33.1. The quantitative estimate of drug-likeness (QED) is 0.196. The SMILES string of the molecule is CO[C@@H]1[C@@H](OC)[C@H](O[C@@H]2C=C3[C@H](O)C[C@@]4(O)[C@H]5[C@@H](O)[C@H](O)[C@@H]([C@H](C)CC[C@@H](C)[C@@H](C)CO)[C@@]5(C)CC[C@@H]4[C@@]3(C)CC2)OC[C@H]1O. The monoisotopic (exact) mass is 640 g/mol. The smallest absolute Gasteiger partial charge is 0.187 e. The molecule has 4 aliphatic carbocycles. The van der Waals surface area contributed by atoms with Crippen molar-refractivity contribution in [1.29, 1.82) is 0 Å². The Morgan fingerprint density at radius 1 is 0.933 bits per heavy atom. The van der Waals surface area contributed by atoms with E-state index in [9.17, 15) is 30.6 Å². The topological polar surface area (TPSA) is 158 Å². The van der Waals surface area contributed by atoms with E-state index in [1.165, 1.54) is 14.2 Å². The Bertz CT molecular complexity index is 1060. The van der Waals surface area contributed by atoms with Gasteiger partial charge in [0.15, 0.2) is 6.29 Å². The second kappa shape index (κ2) is 13.3. The molecule has 17 atom stereocenters. The van der Waals surface area contributed by atoms with Crippen molar-refractivity contribution >= 4 is 0 Å². The summed E-state index contributed by atoms with van der Waals surface area (Å²) < 4.78 is 23.2. The van der Waals surface area contributed by atoms with Crippen molar-refractivity contribution in [2.45, 2.75) is 134 Å². The van der Waals surface area contributed by atoms with Crippen molar-refractivity contribution in [3.05, 3.63) is 11.6 Å². The van der Waals surface area contributed by atoms with Gasteiger partial charge in [-0.25, -0.2) is 0 Å². The summed E-state index contributed by atoms with van der Waals surface area (Å²) in [5, 5.41) is 67.5. The maximum Gasteiger partial charge on any atom is 0.187 e. The highest BCUT2D eigenvalue weighted by Gasteiger charge is 2.72. The summed E-state index contributed by atoms with van der Waals surface area (Å²) in [6, 6.07) is 0. The van der Waals surface area contributed by atoms with E-state index in [0.717, 1.165) is 31.3 Å². The van der Waals surface area contributed by atoms with Crippen LogP contribution in [0.2, 0.25) is 0 Å². The summed E-state index contributed by atoms with van der Waals surface area (Å²) in [5.41, 5.74) is -1.47. The average Bonchev–Trinajstić information content (AvgIpc) is 3.21. The largest absolute Gasteiger partial charge is 0.396 e. The summed E-state index contributed by atoms with van der Waals surface area (Å²) in [5.74, 6) is -0.246. The molecular weight excluding hydrogens is 580 g/mol. The maximum absolute atomic E-state index is 12.7. The molecule has 4 fully saturated rings. The molecule has 0 radical (unpaired) electrons. The van der Waals surface area contributed by atoms with Gasteiger partial charge in [-0.15, -0.1) is 0 Å². The summed E-state index contributed by atoms with van der Waals surface area (Å²) in [6.07, 6.45) is 0.645. The number of ether oxygens (including phenoxy) is 4. The first-order valence-electron chi connectivity index (χ1n) is 17.3. The van der Waals surface area contributed by atoms with Crippen LogP contribution in [-0.2, 0) is 18.9 Å². The Balaban J connectivity index is 1.36. The molecule has 1 saturated heterocycles. The fourth-order valence-corrected chi connectivity index (χ4v) is 10.8. The number of methoxy groups -OCH3 is 2. The molecule has 0 aromatic rings. The van der Waals surface area contributed by atoms with Crippen LogP contribution in [0.1, 0.15) is 79.6 Å². The summed E-state index contributed by atoms with van der Waals surface area (Å²) in [4.78, 5) is 0. The van der Waals surface area contributed by atoms with E-state index < -0.39 is 65.3 Å². The Kier molecular flexibility index (Phi) is 10.6. The highest BCUT2D eigenvalue weighted by atomic mass is 16.7. The zero-order valence-electron chi connectivity index (χ0n) is 28.3. The number of fused-ring (bicyclic) bond motifs is 5. The maximum atomic E-state index is 12.7. The lowest BCUT2D eigenvalue weighted by Crippen LogP contribution is -2.66. The lowest BCUT2D eigenvalue weighted by molar-refractivity contribution is -0.289. The van der Waals surface area contributed by atoms with Gasteiger partial charge < -0.3 is 49.6 Å². The van der Waals surface area contributed by atoms with Gasteiger partial charge in [0.2, 0.25) is 0 Å². The van der Waals surface area contributed by atoms with Crippen LogP contribution in [0.5, 0.6) is 0 Å². The third kappa shape index (κ3) is 5.87. The molecule has 45 heavy (non-hydrogen) atoms. The Labute approximate surface area is 269 Å². The zero-order valence-corrected chi connectivity index (χ0v) is 28.3. The van der Waals surface area contributed by atoms with Crippen LogP contribution in [0.25, 0.3) is 0 Å². The highest BCUT2D eigenvalue weighted by molar-refractivity contribution is 5.33. The molecule has 0 amide bonds. The predicted octanol–water partition coefficient (Wildman–Crippen LogP) is 2.41. The minimum Gasteiger partial charge on any atom is -0.396 e. The molecule has 10 nitrogen and oxygen atoms in total. The van der Waals surface area contributed by atoms with Crippen LogP contribution >= 0.6 is 0 Å². The van der Waals surface area contributed by atoms with Gasteiger partial charge >= 0.3 is 0 Å². The van der Waals surface area contributed by atoms with Crippen molar-refractivity contribution in [3.63, 3.8) is 0 Å². The molecule has 10 heteroatoms. The first-order chi connectivity index (χ1) is 21.2. The van der Waals surface area contributed by atoms with Gasteiger partial charge in [0.1, 0.15) is 18.3 Å². The number of aliphatic hydroxyl groups excluding tert-OH is 5. The van der Waals surface area contributed by atoms with E-state index in [-0.39, 0.29) is 49.4 Å². The normalized spacial score (nSPS) is 50.2. The Morgan fingerprint density at radius 2 is 1.62 bits per heavy atom. The van der Waals surface area contributed by atoms with Crippen molar-refractivity contribution in [3.8, 4) is 0 Å². The highest BCUT2D eigenvalue weighted by Crippen LogP contribution is 2.69. The molecule has 0 spiro atoms. The van der Waals surface area contributed by atoms with Gasteiger partial charge in [-0.05, 0) is 71.7 Å². The fraction of sp³-hybridized carbons (Fsp3) is 0.943. The van der Waals surface area contributed by atoms with E-state index in [1.54, 1.807) is 0 Å². The third-order valence-electron chi connectivity index (χ3n) is 13.5. The molecule has 0 aromatic heterocycles. The molecule has 0 bridgehead atoms. The van der Waals surface area contributed by atoms with Crippen LogP contribution in [0.4, 0.5) is 0 Å². The van der Waals surface area contributed by atoms with E-state index in [2.05, 4.69) is 34.6 Å². The molecule has 5 aliphatic rings. The lowest BCUT2D eigenvalue weighted by Gasteiger charge is -2.64. The lowest BCUT2D eigenvalue weighted by atomic mass is 9.43. The third-order valence-corrected chi connectivity index (χ3v) is 13.5. The van der Waals surface area contributed by atoms with Crippen molar-refractivity contribution in [2.75, 3.05) is 27.4 Å². The van der Waals surface area contributed by atoms with Crippen LogP contribution in [0, 0.1) is 46.3 Å². The first-order valence-corrected chi connectivity index (χ1v) is 17.3. The summed E-state index contributed by atoms with van der Waals surface area (Å²) in [7, 11) is 3.06. The molecule has 1 heterocycles. The van der Waals surface area contributed by atoms with Gasteiger partial charge in [-0.2, -0.15) is 0 Å². The van der Waals surface area contributed by atoms with Gasteiger partial charge in [-0.3, -0.25) is 0 Å². The van der Waals surface area contributed by atoms with Gasteiger partial charge in [0.05, 0.1) is 36.6 Å². The van der Waals surface area contributed by atoms with Crippen molar-refractivity contribution in [1.82, 2.24) is 0 Å². The molecule has 1 aliphatic heterocycles. The average molecular weight is 641 g/mol. The predicted molar refractivity (Wildman–Crippen MR) is 167 cm³/mol. The number of rotatable bonds is 10. The molecule has 6 N–H and O–H groups in total. The van der Waals surface area contributed by atoms with E-state index in [1.807, 2.05) is 6.08 Å². The van der Waals surface area contributed by atoms with Crippen molar-refractivity contribution < 1.29 is 49.6 Å². The fourth-order valence-electron chi connectivity index (χ4n) is 10.8. The molecule has 260 valence electrons. The van der Waals surface area contributed by atoms with Gasteiger partial charge in [0, 0.05) is 33.2 Å². The van der Waals surface area contributed by atoms with Gasteiger partial charge in [-0.1, -0.05) is 53.5 Å².